The van der Waals surface area contributed by atoms with Crippen LogP contribution in [-0.2, 0) is 9.59 Å². The van der Waals surface area contributed by atoms with Crippen molar-refractivity contribution in [1.29, 1.82) is 0 Å². The van der Waals surface area contributed by atoms with Gasteiger partial charge in [-0.3, -0.25) is 14.4 Å². The summed E-state index contributed by atoms with van der Waals surface area (Å²) in [6, 6.07) is 11.0. The number of carbonyl (C=O) groups excluding carboxylic acids is 3. The molecule has 0 radical (unpaired) electrons. The van der Waals surface area contributed by atoms with Gasteiger partial charge in [0.15, 0.2) is 5.75 Å². The molecular formula is C20H21ClN2O4. The number of hydrogen-bond acceptors (Lipinski definition) is 4. The molecular weight excluding hydrogens is 368 g/mol. The highest BCUT2D eigenvalue weighted by molar-refractivity contribution is 6.31. The quantitative estimate of drug-likeness (QED) is 0.596. The van der Waals surface area contributed by atoms with Crippen LogP contribution in [-0.4, -0.2) is 17.8 Å². The van der Waals surface area contributed by atoms with Gasteiger partial charge in [0, 0.05) is 28.6 Å². The van der Waals surface area contributed by atoms with E-state index in [4.69, 9.17) is 16.3 Å². The Bertz CT molecular complexity index is 871. The molecule has 0 aromatic heterocycles. The van der Waals surface area contributed by atoms with Crippen molar-refractivity contribution in [3.63, 3.8) is 0 Å². The van der Waals surface area contributed by atoms with Gasteiger partial charge in [-0.15, -0.1) is 0 Å². The van der Waals surface area contributed by atoms with Crippen LogP contribution in [0.15, 0.2) is 42.5 Å². The fraction of sp³-hybridized carbons (Fsp3) is 0.250. The van der Waals surface area contributed by atoms with Crippen LogP contribution in [0.2, 0.25) is 5.02 Å². The Balaban J connectivity index is 2.14. The Kier molecular flexibility index (Phi) is 6.23. The molecule has 2 amide bonds. The lowest BCUT2D eigenvalue weighted by atomic mass is 9.95. The van der Waals surface area contributed by atoms with Crippen molar-refractivity contribution < 1.29 is 19.1 Å². The number of amides is 2. The molecule has 27 heavy (non-hydrogen) atoms. The molecule has 0 aliphatic rings. The summed E-state index contributed by atoms with van der Waals surface area (Å²) in [7, 11) is 0. The maximum atomic E-state index is 12.5. The third-order valence-electron chi connectivity index (χ3n) is 3.53. The van der Waals surface area contributed by atoms with Gasteiger partial charge in [0.2, 0.25) is 5.91 Å². The summed E-state index contributed by atoms with van der Waals surface area (Å²) in [6.07, 6.45) is 0. The van der Waals surface area contributed by atoms with Gasteiger partial charge in [0.05, 0.1) is 5.69 Å². The molecule has 2 rings (SSSR count). The summed E-state index contributed by atoms with van der Waals surface area (Å²) in [4.78, 5) is 35.7. The van der Waals surface area contributed by atoms with Gasteiger partial charge < -0.3 is 15.4 Å². The van der Waals surface area contributed by atoms with E-state index < -0.39 is 17.3 Å². The summed E-state index contributed by atoms with van der Waals surface area (Å²) < 4.78 is 5.07. The van der Waals surface area contributed by atoms with Crippen LogP contribution in [0.5, 0.6) is 5.75 Å². The minimum absolute atomic E-state index is 0.121. The van der Waals surface area contributed by atoms with Crippen molar-refractivity contribution in [2.75, 3.05) is 10.6 Å². The van der Waals surface area contributed by atoms with Crippen molar-refractivity contribution in [3.05, 3.63) is 53.1 Å². The van der Waals surface area contributed by atoms with Crippen LogP contribution < -0.4 is 15.4 Å². The number of halogens is 1. The highest BCUT2D eigenvalue weighted by atomic mass is 35.5. The van der Waals surface area contributed by atoms with Crippen molar-refractivity contribution in [1.82, 2.24) is 0 Å². The fourth-order valence-corrected chi connectivity index (χ4v) is 2.23. The van der Waals surface area contributed by atoms with E-state index in [-0.39, 0.29) is 17.3 Å². The number of ether oxygens (including phenoxy) is 1. The van der Waals surface area contributed by atoms with Crippen LogP contribution in [0, 0.1) is 5.41 Å². The molecule has 2 N–H and O–H groups in total. The highest BCUT2D eigenvalue weighted by Crippen LogP contribution is 2.29. The Hall–Kier alpha value is -2.86. The van der Waals surface area contributed by atoms with E-state index in [1.54, 1.807) is 30.3 Å². The van der Waals surface area contributed by atoms with Gasteiger partial charge in [-0.05, 0) is 42.5 Å². The molecule has 0 atom stereocenters. The molecule has 142 valence electrons. The summed E-state index contributed by atoms with van der Waals surface area (Å²) in [5.74, 6) is -0.829. The second-order valence-electron chi connectivity index (χ2n) is 6.97. The van der Waals surface area contributed by atoms with Gasteiger partial charge in [0.25, 0.3) is 5.91 Å². The first-order valence-corrected chi connectivity index (χ1v) is 8.65. The first-order chi connectivity index (χ1) is 12.6. The lowest BCUT2D eigenvalue weighted by Crippen LogP contribution is -2.27. The molecule has 0 aliphatic heterocycles. The Morgan fingerprint density at radius 2 is 1.59 bits per heavy atom. The van der Waals surface area contributed by atoms with Gasteiger partial charge in [0.1, 0.15) is 0 Å². The van der Waals surface area contributed by atoms with Crippen LogP contribution in [0.1, 0.15) is 38.1 Å². The van der Waals surface area contributed by atoms with Gasteiger partial charge in [-0.2, -0.15) is 0 Å². The van der Waals surface area contributed by atoms with E-state index in [1.165, 1.54) is 19.1 Å². The Morgan fingerprint density at radius 3 is 2.15 bits per heavy atom. The van der Waals surface area contributed by atoms with E-state index >= 15 is 0 Å². The minimum Gasteiger partial charge on any atom is -0.424 e. The van der Waals surface area contributed by atoms with Crippen molar-refractivity contribution >= 4 is 40.8 Å². The SMILES string of the molecule is CC(=O)Oc1ccc(Cl)cc1NC(=O)c1ccc(NC(=O)C(C)(C)C)cc1. The Labute approximate surface area is 162 Å². The number of benzene rings is 2. The highest BCUT2D eigenvalue weighted by Gasteiger charge is 2.21. The zero-order chi connectivity index (χ0) is 20.2. The van der Waals surface area contributed by atoms with Crippen molar-refractivity contribution in [2.24, 2.45) is 5.41 Å². The molecule has 0 fully saturated rings. The first kappa shape index (κ1) is 20.5. The van der Waals surface area contributed by atoms with Crippen LogP contribution in [0.3, 0.4) is 0 Å². The van der Waals surface area contributed by atoms with Gasteiger partial charge >= 0.3 is 5.97 Å². The topological polar surface area (TPSA) is 84.5 Å². The first-order valence-electron chi connectivity index (χ1n) is 8.27. The summed E-state index contributed by atoms with van der Waals surface area (Å²) in [5, 5.41) is 5.85. The maximum absolute atomic E-state index is 12.5. The molecule has 6 nitrogen and oxygen atoms in total. The molecule has 0 aliphatic carbocycles. The van der Waals surface area contributed by atoms with Crippen molar-refractivity contribution in [2.45, 2.75) is 27.7 Å². The molecule has 2 aromatic carbocycles. The number of anilines is 2. The predicted molar refractivity (Wildman–Crippen MR) is 105 cm³/mol. The zero-order valence-corrected chi connectivity index (χ0v) is 16.3. The van der Waals surface area contributed by atoms with Gasteiger partial charge in [-0.1, -0.05) is 32.4 Å². The average molecular weight is 389 g/mol. The lowest BCUT2D eigenvalue weighted by Gasteiger charge is -2.17. The summed E-state index contributed by atoms with van der Waals surface area (Å²) >= 11 is 5.96. The molecule has 7 heteroatoms. The fourth-order valence-electron chi connectivity index (χ4n) is 2.06. The Morgan fingerprint density at radius 1 is 0.963 bits per heavy atom. The second kappa shape index (κ2) is 8.22. The van der Waals surface area contributed by atoms with E-state index in [0.717, 1.165) is 0 Å². The second-order valence-corrected chi connectivity index (χ2v) is 7.41. The van der Waals surface area contributed by atoms with E-state index in [9.17, 15) is 14.4 Å². The number of esters is 1. The number of carbonyl (C=O) groups is 3. The van der Waals surface area contributed by atoms with E-state index in [0.29, 0.717) is 16.3 Å². The predicted octanol–water partition coefficient (Wildman–Crippen LogP) is 4.50. The summed E-state index contributed by atoms with van der Waals surface area (Å²) in [5.41, 5.74) is 0.732. The standard InChI is InChI=1S/C20H21ClN2O4/c1-12(24)27-17-10-7-14(21)11-16(17)23-18(25)13-5-8-15(9-6-13)22-19(26)20(2,3)4/h5-11H,1-4H3,(H,22,26)(H,23,25). The normalized spacial score (nSPS) is 10.9. The van der Waals surface area contributed by atoms with Crippen LogP contribution in [0.4, 0.5) is 11.4 Å². The molecule has 0 spiro atoms. The van der Waals surface area contributed by atoms with E-state index in [2.05, 4.69) is 10.6 Å². The van der Waals surface area contributed by atoms with Gasteiger partial charge in [-0.25, -0.2) is 0 Å². The number of hydrogen-bond donors (Lipinski definition) is 2. The van der Waals surface area contributed by atoms with Crippen molar-refractivity contribution in [3.8, 4) is 5.75 Å². The smallest absolute Gasteiger partial charge is 0.308 e. The zero-order valence-electron chi connectivity index (χ0n) is 15.6. The summed E-state index contributed by atoms with van der Waals surface area (Å²) in [6.45, 7) is 6.71. The largest absolute Gasteiger partial charge is 0.424 e. The maximum Gasteiger partial charge on any atom is 0.308 e. The molecule has 0 bridgehead atoms. The van der Waals surface area contributed by atoms with E-state index in [1.807, 2.05) is 20.8 Å². The van der Waals surface area contributed by atoms with Crippen LogP contribution in [0.25, 0.3) is 0 Å². The number of rotatable bonds is 4. The van der Waals surface area contributed by atoms with Crippen LogP contribution >= 0.6 is 11.6 Å². The average Bonchev–Trinajstić information content (AvgIpc) is 2.56. The molecule has 0 heterocycles. The monoisotopic (exact) mass is 388 g/mol. The molecule has 0 saturated carbocycles. The minimum atomic E-state index is -0.518. The third kappa shape index (κ3) is 5.82. The third-order valence-corrected chi connectivity index (χ3v) is 3.76. The number of nitrogens with one attached hydrogen (secondary N) is 2. The molecule has 0 unspecified atom stereocenters. The molecule has 2 aromatic rings. The molecule has 0 saturated heterocycles. The lowest BCUT2D eigenvalue weighted by molar-refractivity contribution is -0.131.